The molecule has 0 radical (unpaired) electrons. The van der Waals surface area contributed by atoms with Crippen molar-refractivity contribution in [2.75, 3.05) is 5.32 Å². The van der Waals surface area contributed by atoms with Crippen LogP contribution in [0.3, 0.4) is 0 Å². The van der Waals surface area contributed by atoms with E-state index in [1.54, 1.807) is 13.2 Å². The molecule has 0 atom stereocenters. The van der Waals surface area contributed by atoms with Crippen LogP contribution in [-0.2, 0) is 7.05 Å². The zero-order valence-corrected chi connectivity index (χ0v) is 11.7. The molecule has 3 aromatic rings. The van der Waals surface area contributed by atoms with Crippen molar-refractivity contribution >= 4 is 11.6 Å². The smallest absolute Gasteiger partial charge is 0.275 e. The van der Waals surface area contributed by atoms with Crippen LogP contribution in [0.5, 0.6) is 0 Å². The molecule has 1 aromatic carbocycles. The lowest BCUT2D eigenvalue weighted by molar-refractivity contribution is 0.101. The fraction of sp³-hybridized carbons (Fsp3) is 0.143. The highest BCUT2D eigenvalue weighted by Crippen LogP contribution is 2.25. The van der Waals surface area contributed by atoms with Gasteiger partial charge in [-0.3, -0.25) is 4.79 Å². The average molecular weight is 282 g/mol. The number of hydrogen-bond acceptors (Lipinski definition) is 4. The van der Waals surface area contributed by atoms with Gasteiger partial charge in [0.15, 0.2) is 0 Å². The summed E-state index contributed by atoms with van der Waals surface area (Å²) in [7, 11) is 1.67. The number of carbonyl (C=O) groups excluding carboxylic acids is 1. The lowest BCUT2D eigenvalue weighted by Crippen LogP contribution is -2.16. The lowest BCUT2D eigenvalue weighted by Gasteiger charge is -2.09. The maximum atomic E-state index is 12.2. The van der Waals surface area contributed by atoms with Crippen LogP contribution in [0.2, 0.25) is 0 Å². The molecule has 7 heteroatoms. The van der Waals surface area contributed by atoms with Gasteiger partial charge in [0, 0.05) is 24.5 Å². The monoisotopic (exact) mass is 282 g/mol. The summed E-state index contributed by atoms with van der Waals surface area (Å²) >= 11 is 0. The van der Waals surface area contributed by atoms with Crippen LogP contribution in [-0.4, -0.2) is 30.9 Å². The minimum atomic E-state index is -0.266. The summed E-state index contributed by atoms with van der Waals surface area (Å²) in [5.41, 5.74) is 2.86. The van der Waals surface area contributed by atoms with E-state index < -0.39 is 0 Å². The molecule has 1 amide bonds. The van der Waals surface area contributed by atoms with E-state index in [0.717, 1.165) is 11.3 Å². The first kappa shape index (κ1) is 13.0. The van der Waals surface area contributed by atoms with Crippen molar-refractivity contribution in [3.05, 3.63) is 48.0 Å². The summed E-state index contributed by atoms with van der Waals surface area (Å²) in [6, 6.07) is 7.48. The summed E-state index contributed by atoms with van der Waals surface area (Å²) in [4.78, 5) is 19.7. The number of aryl methyl sites for hydroxylation is 2. The van der Waals surface area contributed by atoms with Gasteiger partial charge in [-0.25, -0.2) is 9.67 Å². The van der Waals surface area contributed by atoms with Gasteiger partial charge in [0.25, 0.3) is 5.91 Å². The number of carbonyl (C=O) groups is 1. The Morgan fingerprint density at radius 3 is 2.76 bits per heavy atom. The van der Waals surface area contributed by atoms with Crippen LogP contribution in [0, 0.1) is 6.92 Å². The first-order valence-corrected chi connectivity index (χ1v) is 6.42. The number of benzene rings is 1. The number of nitrogens with zero attached hydrogens (tertiary/aromatic N) is 4. The largest absolute Gasteiger partial charge is 0.342 e. The molecule has 0 aliphatic rings. The maximum absolute atomic E-state index is 12.2. The van der Waals surface area contributed by atoms with Gasteiger partial charge in [0.1, 0.15) is 11.5 Å². The van der Waals surface area contributed by atoms with E-state index in [2.05, 4.69) is 25.6 Å². The number of rotatable bonds is 3. The molecule has 21 heavy (non-hydrogen) atoms. The second kappa shape index (κ2) is 5.20. The van der Waals surface area contributed by atoms with E-state index in [4.69, 9.17) is 0 Å². The van der Waals surface area contributed by atoms with E-state index in [0.29, 0.717) is 17.2 Å². The number of nitrogens with one attached hydrogen (secondary N) is 2. The van der Waals surface area contributed by atoms with Gasteiger partial charge in [-0.1, -0.05) is 17.3 Å². The summed E-state index contributed by atoms with van der Waals surface area (Å²) in [6.45, 7) is 1.93. The van der Waals surface area contributed by atoms with E-state index in [1.807, 2.05) is 31.2 Å². The topological polar surface area (TPSA) is 88.5 Å². The third-order valence-corrected chi connectivity index (χ3v) is 3.08. The number of H-pyrrole nitrogens is 1. The Morgan fingerprint density at radius 1 is 1.29 bits per heavy atom. The molecule has 7 nitrogen and oxygen atoms in total. The number of aromatic amines is 1. The molecule has 0 saturated carbocycles. The van der Waals surface area contributed by atoms with Crippen molar-refractivity contribution < 1.29 is 4.79 Å². The van der Waals surface area contributed by atoms with Gasteiger partial charge in [0.2, 0.25) is 0 Å². The van der Waals surface area contributed by atoms with Gasteiger partial charge in [0.05, 0.1) is 11.9 Å². The fourth-order valence-corrected chi connectivity index (χ4v) is 2.03. The van der Waals surface area contributed by atoms with Crippen LogP contribution >= 0.6 is 0 Å². The van der Waals surface area contributed by atoms with Crippen LogP contribution in [0.15, 0.2) is 36.7 Å². The minimum Gasteiger partial charge on any atom is -0.342 e. The Hall–Kier alpha value is -2.96. The number of hydrogen-bond donors (Lipinski definition) is 2. The third kappa shape index (κ3) is 2.53. The molecular weight excluding hydrogens is 268 g/mol. The Labute approximate surface area is 121 Å². The van der Waals surface area contributed by atoms with Gasteiger partial charge in [-0.15, -0.1) is 5.10 Å². The first-order chi connectivity index (χ1) is 10.1. The van der Waals surface area contributed by atoms with Crippen molar-refractivity contribution in [1.29, 1.82) is 0 Å². The highest BCUT2D eigenvalue weighted by atomic mass is 16.2. The van der Waals surface area contributed by atoms with Gasteiger partial charge in [-0.2, -0.15) is 0 Å². The van der Waals surface area contributed by atoms with Crippen LogP contribution in [0.1, 0.15) is 16.2 Å². The second-order valence-corrected chi connectivity index (χ2v) is 4.66. The van der Waals surface area contributed by atoms with Crippen molar-refractivity contribution in [2.45, 2.75) is 6.92 Å². The predicted octanol–water partition coefficient (Wildman–Crippen LogP) is 1.77. The molecule has 2 N–H and O–H groups in total. The molecule has 3 rings (SSSR count). The molecule has 0 saturated heterocycles. The first-order valence-electron chi connectivity index (χ1n) is 6.42. The van der Waals surface area contributed by atoms with Crippen LogP contribution < -0.4 is 5.32 Å². The van der Waals surface area contributed by atoms with Gasteiger partial charge >= 0.3 is 0 Å². The standard InChI is InChI=1S/C14H14N6O/c1-9-7-15-13(17-9)10-5-3-4-6-11(10)18-14(21)12-8-16-19-20(12)2/h3-8H,1-2H3,(H,15,17)(H,18,21). The van der Waals surface area contributed by atoms with E-state index in [1.165, 1.54) is 10.9 Å². The van der Waals surface area contributed by atoms with E-state index in [-0.39, 0.29) is 5.91 Å². The van der Waals surface area contributed by atoms with E-state index in [9.17, 15) is 4.79 Å². The molecule has 0 aliphatic carbocycles. The highest BCUT2D eigenvalue weighted by Gasteiger charge is 2.14. The summed E-state index contributed by atoms with van der Waals surface area (Å²) in [6.07, 6.45) is 3.17. The molecule has 0 unspecified atom stereocenters. The van der Waals surface area contributed by atoms with Crippen molar-refractivity contribution in [3.63, 3.8) is 0 Å². The summed E-state index contributed by atoms with van der Waals surface area (Å²) in [5.74, 6) is 0.449. The highest BCUT2D eigenvalue weighted by molar-refractivity contribution is 6.04. The molecule has 0 fully saturated rings. The normalized spacial score (nSPS) is 10.6. The summed E-state index contributed by atoms with van der Waals surface area (Å²) < 4.78 is 1.43. The number of para-hydroxylation sites is 1. The molecule has 0 aliphatic heterocycles. The zero-order chi connectivity index (χ0) is 14.8. The molecular formula is C14H14N6O. The molecule has 106 valence electrons. The molecule has 0 spiro atoms. The Morgan fingerprint density at radius 2 is 2.10 bits per heavy atom. The number of anilines is 1. The summed E-state index contributed by atoms with van der Waals surface area (Å²) in [5, 5.41) is 10.3. The zero-order valence-electron chi connectivity index (χ0n) is 11.7. The van der Waals surface area contributed by atoms with Crippen molar-refractivity contribution in [3.8, 4) is 11.4 Å². The number of imidazole rings is 1. The van der Waals surface area contributed by atoms with Crippen LogP contribution in [0.25, 0.3) is 11.4 Å². The van der Waals surface area contributed by atoms with Crippen molar-refractivity contribution in [1.82, 2.24) is 25.0 Å². The van der Waals surface area contributed by atoms with Crippen LogP contribution in [0.4, 0.5) is 5.69 Å². The Kier molecular flexibility index (Phi) is 3.23. The number of amides is 1. The van der Waals surface area contributed by atoms with Gasteiger partial charge in [-0.05, 0) is 19.1 Å². The lowest BCUT2D eigenvalue weighted by atomic mass is 10.1. The van der Waals surface area contributed by atoms with Gasteiger partial charge < -0.3 is 10.3 Å². The Bertz CT molecular complexity index is 788. The maximum Gasteiger partial charge on any atom is 0.275 e. The predicted molar refractivity (Wildman–Crippen MR) is 77.7 cm³/mol. The molecule has 0 bridgehead atoms. The fourth-order valence-electron chi connectivity index (χ4n) is 2.03. The Balaban J connectivity index is 1.93. The molecule has 2 aromatic heterocycles. The SMILES string of the molecule is Cc1cnc(-c2ccccc2NC(=O)c2cnnn2C)[nH]1. The second-order valence-electron chi connectivity index (χ2n) is 4.66. The van der Waals surface area contributed by atoms with E-state index >= 15 is 0 Å². The molecule has 2 heterocycles. The average Bonchev–Trinajstić information content (AvgIpc) is 3.08. The quantitative estimate of drug-likeness (QED) is 0.766. The third-order valence-electron chi connectivity index (χ3n) is 3.08. The van der Waals surface area contributed by atoms with Crippen molar-refractivity contribution in [2.24, 2.45) is 7.05 Å². The minimum absolute atomic E-state index is 0.266. The number of aromatic nitrogens is 5.